The molecule has 0 unspecified atom stereocenters. The second-order valence-corrected chi connectivity index (χ2v) is 7.10. The third-order valence-electron chi connectivity index (χ3n) is 4.22. The van der Waals surface area contributed by atoms with Gasteiger partial charge >= 0.3 is 6.09 Å². The van der Waals surface area contributed by atoms with Crippen LogP contribution in [0.3, 0.4) is 0 Å². The number of anilines is 2. The zero-order valence-electron chi connectivity index (χ0n) is 15.2. The Balaban J connectivity index is 1.47. The van der Waals surface area contributed by atoms with Crippen molar-refractivity contribution in [3.8, 4) is 11.6 Å². The van der Waals surface area contributed by atoms with Crippen molar-refractivity contribution in [3.63, 3.8) is 0 Å². The van der Waals surface area contributed by atoms with Gasteiger partial charge in [0.25, 0.3) is 5.91 Å². The van der Waals surface area contributed by atoms with Gasteiger partial charge in [-0.15, -0.1) is 0 Å². The van der Waals surface area contributed by atoms with Crippen molar-refractivity contribution in [2.24, 2.45) is 0 Å². The Hall–Kier alpha value is -3.39. The van der Waals surface area contributed by atoms with Crippen molar-refractivity contribution >= 4 is 39.3 Å². The highest BCUT2D eigenvalue weighted by molar-refractivity contribution is 9.10. The minimum atomic E-state index is -0.428. The van der Waals surface area contributed by atoms with Crippen molar-refractivity contribution in [1.82, 2.24) is 4.98 Å². The van der Waals surface area contributed by atoms with Crippen LogP contribution in [-0.4, -0.2) is 30.1 Å². The molecule has 1 fully saturated rings. The van der Waals surface area contributed by atoms with Crippen LogP contribution in [0, 0.1) is 0 Å². The van der Waals surface area contributed by atoms with Crippen LogP contribution in [-0.2, 0) is 4.74 Å². The van der Waals surface area contributed by atoms with E-state index in [1.807, 2.05) is 24.3 Å². The number of cyclic esters (lactones) is 1. The number of hydrogen-bond acceptors (Lipinski definition) is 5. The predicted molar refractivity (Wildman–Crippen MR) is 112 cm³/mol. The first-order chi connectivity index (χ1) is 14.1. The van der Waals surface area contributed by atoms with E-state index in [2.05, 4.69) is 26.2 Å². The molecule has 1 aliphatic heterocycles. The highest BCUT2D eigenvalue weighted by Crippen LogP contribution is 2.28. The van der Waals surface area contributed by atoms with Gasteiger partial charge in [-0.05, 0) is 36.4 Å². The lowest BCUT2D eigenvalue weighted by atomic mass is 10.2. The van der Waals surface area contributed by atoms with Gasteiger partial charge in [-0.2, -0.15) is 0 Å². The van der Waals surface area contributed by atoms with Crippen LogP contribution in [0.25, 0.3) is 0 Å². The maximum absolute atomic E-state index is 12.6. The lowest BCUT2D eigenvalue weighted by molar-refractivity contribution is 0.102. The second-order valence-electron chi connectivity index (χ2n) is 6.18. The highest BCUT2D eigenvalue weighted by Gasteiger charge is 2.26. The molecule has 0 bridgehead atoms. The third kappa shape index (κ3) is 4.38. The van der Waals surface area contributed by atoms with Gasteiger partial charge in [-0.1, -0.05) is 34.1 Å². The maximum Gasteiger partial charge on any atom is 0.414 e. The number of aromatic nitrogens is 1. The molecule has 7 nitrogen and oxygen atoms in total. The second kappa shape index (κ2) is 8.32. The van der Waals surface area contributed by atoms with Crippen molar-refractivity contribution in [3.05, 3.63) is 76.9 Å². The number of carbonyl (C=O) groups excluding carboxylic acids is 2. The molecule has 0 radical (unpaired) electrons. The topological polar surface area (TPSA) is 80.8 Å². The van der Waals surface area contributed by atoms with Gasteiger partial charge in [0, 0.05) is 16.7 Å². The number of nitrogens with zero attached hydrogens (tertiary/aromatic N) is 2. The monoisotopic (exact) mass is 453 g/mol. The number of hydrogen-bond donors (Lipinski definition) is 1. The maximum atomic E-state index is 12.6. The fourth-order valence-corrected chi connectivity index (χ4v) is 3.23. The van der Waals surface area contributed by atoms with E-state index in [1.165, 1.54) is 11.1 Å². The van der Waals surface area contributed by atoms with Crippen LogP contribution < -0.4 is 15.0 Å². The summed E-state index contributed by atoms with van der Waals surface area (Å²) in [6.45, 7) is 0.763. The molecule has 3 aromatic rings. The number of ether oxygens (including phenoxy) is 2. The van der Waals surface area contributed by atoms with Gasteiger partial charge in [-0.25, -0.2) is 9.78 Å². The van der Waals surface area contributed by atoms with E-state index in [0.717, 1.165) is 4.47 Å². The smallest absolute Gasteiger partial charge is 0.414 e. The van der Waals surface area contributed by atoms with E-state index in [1.54, 1.807) is 36.4 Å². The Bertz CT molecular complexity index is 1060. The molecule has 0 aliphatic carbocycles. The summed E-state index contributed by atoms with van der Waals surface area (Å²) < 4.78 is 11.6. The summed E-state index contributed by atoms with van der Waals surface area (Å²) >= 11 is 3.39. The largest absolute Gasteiger partial charge is 0.447 e. The van der Waals surface area contributed by atoms with E-state index < -0.39 is 6.09 Å². The van der Waals surface area contributed by atoms with Gasteiger partial charge in [0.05, 0.1) is 23.5 Å². The Morgan fingerprint density at radius 3 is 2.72 bits per heavy atom. The first kappa shape index (κ1) is 18.9. The van der Waals surface area contributed by atoms with E-state index >= 15 is 0 Å². The van der Waals surface area contributed by atoms with Crippen LogP contribution in [0.15, 0.2) is 71.3 Å². The first-order valence-electron chi connectivity index (χ1n) is 8.84. The highest BCUT2D eigenvalue weighted by atomic mass is 79.9. The van der Waals surface area contributed by atoms with Crippen LogP contribution in [0.4, 0.5) is 16.2 Å². The lowest BCUT2D eigenvalue weighted by Gasteiger charge is -2.17. The molecule has 146 valence electrons. The average Bonchev–Trinajstić information content (AvgIpc) is 3.15. The lowest BCUT2D eigenvalue weighted by Crippen LogP contribution is -2.25. The summed E-state index contributed by atoms with van der Waals surface area (Å²) in [4.78, 5) is 30.2. The molecule has 2 aromatic carbocycles. The predicted octanol–water partition coefficient (Wildman–Crippen LogP) is 4.85. The van der Waals surface area contributed by atoms with Gasteiger partial charge in [0.2, 0.25) is 5.88 Å². The molecule has 1 N–H and O–H groups in total. The number of nitrogens with one attached hydrogen (secondary N) is 1. The summed E-state index contributed by atoms with van der Waals surface area (Å²) in [6.07, 6.45) is 1.01. The van der Waals surface area contributed by atoms with Crippen molar-refractivity contribution in [1.29, 1.82) is 0 Å². The first-order valence-corrected chi connectivity index (χ1v) is 9.63. The number of pyridine rings is 1. The van der Waals surface area contributed by atoms with Crippen molar-refractivity contribution in [2.75, 3.05) is 23.4 Å². The summed E-state index contributed by atoms with van der Waals surface area (Å²) in [6, 6.07) is 17.7. The number of halogens is 1. The standard InChI is InChI=1S/C21H16BrN3O4/c22-15-4-3-5-16(12-15)29-19-9-8-14(13-23-19)20(26)24-17-6-1-2-7-18(17)25-10-11-28-21(25)27/h1-9,12-13H,10-11H2,(H,24,26). The number of benzene rings is 2. The minimum Gasteiger partial charge on any atom is -0.447 e. The minimum absolute atomic E-state index is 0.324. The number of carbonyl (C=O) groups is 2. The molecule has 2 amide bonds. The van der Waals surface area contributed by atoms with Gasteiger partial charge < -0.3 is 14.8 Å². The van der Waals surface area contributed by atoms with E-state index in [9.17, 15) is 9.59 Å². The summed E-state index contributed by atoms with van der Waals surface area (Å²) in [5, 5.41) is 2.83. The Kier molecular flexibility index (Phi) is 5.44. The van der Waals surface area contributed by atoms with Crippen LogP contribution in [0.1, 0.15) is 10.4 Å². The van der Waals surface area contributed by atoms with E-state index in [0.29, 0.717) is 41.7 Å². The SMILES string of the molecule is O=C(Nc1ccccc1N1CCOC1=O)c1ccc(Oc2cccc(Br)c2)nc1. The molecule has 2 heterocycles. The summed E-state index contributed by atoms with van der Waals surface area (Å²) in [5.41, 5.74) is 1.47. The molecule has 1 saturated heterocycles. The van der Waals surface area contributed by atoms with Crippen LogP contribution >= 0.6 is 15.9 Å². The fraction of sp³-hybridized carbons (Fsp3) is 0.0952. The number of para-hydroxylation sites is 2. The third-order valence-corrected chi connectivity index (χ3v) is 4.71. The van der Waals surface area contributed by atoms with Crippen molar-refractivity contribution < 1.29 is 19.1 Å². The van der Waals surface area contributed by atoms with E-state index in [-0.39, 0.29) is 5.91 Å². The Labute approximate surface area is 175 Å². The van der Waals surface area contributed by atoms with Gasteiger partial charge in [-0.3, -0.25) is 9.69 Å². The quantitative estimate of drug-likeness (QED) is 0.597. The van der Waals surface area contributed by atoms with Gasteiger partial charge in [0.1, 0.15) is 12.4 Å². The number of rotatable bonds is 5. The van der Waals surface area contributed by atoms with Crippen LogP contribution in [0.5, 0.6) is 11.6 Å². The molecule has 0 atom stereocenters. The molecule has 1 aromatic heterocycles. The van der Waals surface area contributed by atoms with Gasteiger partial charge in [0.15, 0.2) is 0 Å². The molecular weight excluding hydrogens is 438 g/mol. The molecular formula is C21H16BrN3O4. The fourth-order valence-electron chi connectivity index (χ4n) is 2.85. The molecule has 29 heavy (non-hydrogen) atoms. The Morgan fingerprint density at radius 2 is 2.00 bits per heavy atom. The average molecular weight is 454 g/mol. The number of amides is 2. The molecule has 0 spiro atoms. The summed E-state index contributed by atoms with van der Waals surface area (Å²) in [7, 11) is 0. The van der Waals surface area contributed by atoms with E-state index in [4.69, 9.17) is 9.47 Å². The normalized spacial score (nSPS) is 13.1. The van der Waals surface area contributed by atoms with Crippen LogP contribution in [0.2, 0.25) is 0 Å². The molecule has 0 saturated carbocycles. The molecule has 4 rings (SSSR count). The summed E-state index contributed by atoms with van der Waals surface area (Å²) in [5.74, 6) is 0.668. The Morgan fingerprint density at radius 1 is 1.14 bits per heavy atom. The molecule has 8 heteroatoms. The zero-order chi connectivity index (χ0) is 20.2. The van der Waals surface area contributed by atoms with Crippen molar-refractivity contribution in [2.45, 2.75) is 0 Å². The zero-order valence-corrected chi connectivity index (χ0v) is 16.8. The molecule has 1 aliphatic rings.